The van der Waals surface area contributed by atoms with Gasteiger partial charge in [0.2, 0.25) is 9.84 Å². The summed E-state index contributed by atoms with van der Waals surface area (Å²) in [7, 11) is -2.20. The van der Waals surface area contributed by atoms with Gasteiger partial charge in [0.1, 0.15) is 5.82 Å². The number of anilines is 3. The van der Waals surface area contributed by atoms with Crippen LogP contribution in [0.2, 0.25) is 0 Å². The van der Waals surface area contributed by atoms with Crippen LogP contribution in [0.3, 0.4) is 0 Å². The zero-order chi connectivity index (χ0) is 34.2. The zero-order valence-corrected chi connectivity index (χ0v) is 26.6. The number of aromatic amines is 1. The van der Waals surface area contributed by atoms with Gasteiger partial charge in [-0.1, -0.05) is 6.07 Å². The molecule has 254 valence electrons. The SMILES string of the molecule is CN1CCN(c2ccc(C(=O)Nc3n[nH]c4ccc(S(=O)(=O)c5cccc(F)c5)cc34)c(N(C(=O)C(F)(F)F)C3CCOCC3)c2)CC1. The van der Waals surface area contributed by atoms with E-state index in [0.717, 1.165) is 12.1 Å². The van der Waals surface area contributed by atoms with Crippen LogP contribution in [0, 0.1) is 5.82 Å². The first kappa shape index (κ1) is 33.4. The number of likely N-dealkylation sites (N-methyl/N-ethyl adjacent to an activating group) is 1. The average molecular weight is 689 g/mol. The smallest absolute Gasteiger partial charge is 0.381 e. The van der Waals surface area contributed by atoms with E-state index >= 15 is 0 Å². The molecule has 2 aliphatic rings. The average Bonchev–Trinajstić information content (AvgIpc) is 3.47. The number of amides is 2. The van der Waals surface area contributed by atoms with Crippen molar-refractivity contribution in [2.24, 2.45) is 0 Å². The Balaban J connectivity index is 1.40. The third-order valence-corrected chi connectivity index (χ3v) is 10.3. The fourth-order valence-electron chi connectivity index (χ4n) is 5.93. The van der Waals surface area contributed by atoms with E-state index in [4.69, 9.17) is 4.74 Å². The van der Waals surface area contributed by atoms with Crippen LogP contribution in [0.25, 0.3) is 10.9 Å². The summed E-state index contributed by atoms with van der Waals surface area (Å²) < 4.78 is 88.0. The van der Waals surface area contributed by atoms with Gasteiger partial charge < -0.3 is 24.8 Å². The Morgan fingerprint density at radius 3 is 2.38 bits per heavy atom. The van der Waals surface area contributed by atoms with Crippen LogP contribution >= 0.6 is 0 Å². The first-order chi connectivity index (χ1) is 22.8. The number of alkyl halides is 3. The first-order valence-corrected chi connectivity index (χ1v) is 16.7. The third kappa shape index (κ3) is 6.73. The van der Waals surface area contributed by atoms with E-state index in [2.05, 4.69) is 20.4 Å². The van der Waals surface area contributed by atoms with E-state index < -0.39 is 39.7 Å². The van der Waals surface area contributed by atoms with Crippen LogP contribution in [0.15, 0.2) is 70.5 Å². The molecule has 2 N–H and O–H groups in total. The van der Waals surface area contributed by atoms with E-state index in [-0.39, 0.29) is 58.3 Å². The summed E-state index contributed by atoms with van der Waals surface area (Å²) in [5.74, 6) is -3.80. The molecule has 0 radical (unpaired) electrons. The second kappa shape index (κ2) is 13.2. The number of halogens is 4. The maximum absolute atomic E-state index is 14.1. The summed E-state index contributed by atoms with van der Waals surface area (Å²) in [6.07, 6.45) is -4.96. The number of sulfone groups is 1. The molecule has 2 aliphatic heterocycles. The summed E-state index contributed by atoms with van der Waals surface area (Å²) >= 11 is 0. The maximum Gasteiger partial charge on any atom is 0.471 e. The zero-order valence-electron chi connectivity index (χ0n) is 25.8. The lowest BCUT2D eigenvalue weighted by molar-refractivity contribution is -0.171. The lowest BCUT2D eigenvalue weighted by Gasteiger charge is -2.37. The molecular formula is C32H32F4N6O5S. The normalized spacial score (nSPS) is 16.6. The Labute approximate surface area is 273 Å². The minimum Gasteiger partial charge on any atom is -0.381 e. The number of carbonyl (C=O) groups excluding carboxylic acids is 2. The summed E-state index contributed by atoms with van der Waals surface area (Å²) in [4.78, 5) is 31.2. The highest BCUT2D eigenvalue weighted by molar-refractivity contribution is 7.91. The van der Waals surface area contributed by atoms with Gasteiger partial charge in [-0.15, -0.1) is 0 Å². The number of nitrogens with zero attached hydrogens (tertiary/aromatic N) is 4. The molecule has 16 heteroatoms. The van der Waals surface area contributed by atoms with Gasteiger partial charge in [0.15, 0.2) is 5.82 Å². The molecule has 1 aromatic heterocycles. The molecule has 3 heterocycles. The van der Waals surface area contributed by atoms with Gasteiger partial charge in [-0.2, -0.15) is 18.3 Å². The Morgan fingerprint density at radius 1 is 0.979 bits per heavy atom. The van der Waals surface area contributed by atoms with Crippen molar-refractivity contribution >= 4 is 49.7 Å². The molecule has 2 saturated heterocycles. The molecule has 11 nitrogen and oxygen atoms in total. The molecule has 0 saturated carbocycles. The number of aromatic nitrogens is 2. The quantitative estimate of drug-likeness (QED) is 0.270. The molecule has 2 amide bonds. The lowest BCUT2D eigenvalue weighted by atomic mass is 10.0. The number of carbonyl (C=O) groups is 2. The lowest BCUT2D eigenvalue weighted by Crippen LogP contribution is -2.50. The van der Waals surface area contributed by atoms with Gasteiger partial charge >= 0.3 is 12.1 Å². The van der Waals surface area contributed by atoms with Crippen LogP contribution in [0.1, 0.15) is 23.2 Å². The molecular weight excluding hydrogens is 656 g/mol. The first-order valence-electron chi connectivity index (χ1n) is 15.2. The second-order valence-corrected chi connectivity index (χ2v) is 13.7. The predicted octanol–water partition coefficient (Wildman–Crippen LogP) is 4.61. The minimum atomic E-state index is -5.22. The molecule has 6 rings (SSSR count). The highest BCUT2D eigenvalue weighted by Crippen LogP contribution is 2.36. The van der Waals surface area contributed by atoms with E-state index in [1.165, 1.54) is 42.5 Å². The predicted molar refractivity (Wildman–Crippen MR) is 169 cm³/mol. The number of ether oxygens (including phenoxy) is 1. The molecule has 3 aromatic carbocycles. The maximum atomic E-state index is 14.1. The molecule has 4 aromatic rings. The molecule has 0 unspecified atom stereocenters. The van der Waals surface area contributed by atoms with E-state index in [9.17, 15) is 35.6 Å². The Kier molecular flexibility index (Phi) is 9.15. The fourth-order valence-corrected chi connectivity index (χ4v) is 7.24. The molecule has 0 aliphatic carbocycles. The summed E-state index contributed by atoms with van der Waals surface area (Å²) in [6.45, 7) is 2.90. The van der Waals surface area contributed by atoms with Crippen LogP contribution in [0.5, 0.6) is 0 Å². The van der Waals surface area contributed by atoms with Gasteiger partial charge in [0.05, 0.1) is 26.6 Å². The Bertz CT molecular complexity index is 1950. The van der Waals surface area contributed by atoms with Gasteiger partial charge in [0.25, 0.3) is 5.91 Å². The Hall–Kier alpha value is -4.54. The van der Waals surface area contributed by atoms with E-state index in [1.54, 1.807) is 6.07 Å². The van der Waals surface area contributed by atoms with Crippen molar-refractivity contribution in [3.63, 3.8) is 0 Å². The van der Waals surface area contributed by atoms with E-state index in [1.807, 2.05) is 11.9 Å². The van der Waals surface area contributed by atoms with Gasteiger partial charge in [-0.05, 0) is 74.5 Å². The summed E-state index contributed by atoms with van der Waals surface area (Å²) in [5.41, 5.74) is 0.480. The van der Waals surface area contributed by atoms with Crippen molar-refractivity contribution in [1.82, 2.24) is 15.1 Å². The van der Waals surface area contributed by atoms with Crippen molar-refractivity contribution in [1.29, 1.82) is 0 Å². The summed E-state index contributed by atoms with van der Waals surface area (Å²) in [6, 6.07) is 12.1. The number of fused-ring (bicyclic) bond motifs is 1. The van der Waals surface area contributed by atoms with Gasteiger partial charge in [-0.25, -0.2) is 12.8 Å². The van der Waals surface area contributed by atoms with Crippen molar-refractivity contribution in [2.45, 2.75) is 34.9 Å². The van der Waals surface area contributed by atoms with Crippen LogP contribution < -0.4 is 15.1 Å². The molecule has 0 bridgehead atoms. The number of piperazine rings is 1. The number of hydrogen-bond donors (Lipinski definition) is 2. The highest BCUT2D eigenvalue weighted by Gasteiger charge is 2.46. The number of hydrogen-bond acceptors (Lipinski definition) is 8. The fraction of sp³-hybridized carbons (Fsp3) is 0.344. The number of nitrogens with one attached hydrogen (secondary N) is 2. The Morgan fingerprint density at radius 2 is 1.69 bits per heavy atom. The standard InChI is InChI=1S/C32H32F4N6O5S/c1-40-11-13-41(14-12-40)22-5-7-25(28(18-22)42(31(44)32(34,35)36)21-9-15-47-16-10-21)30(43)37-29-26-19-24(6-8-27(26)38-39-29)48(45,46)23-4-2-3-20(33)17-23/h2-8,17-19,21H,9-16H2,1H3,(H2,37,38,39,43). The van der Waals surface area contributed by atoms with Crippen molar-refractivity contribution in [3.8, 4) is 0 Å². The number of H-pyrrole nitrogens is 1. The molecule has 2 fully saturated rings. The highest BCUT2D eigenvalue weighted by atomic mass is 32.2. The summed E-state index contributed by atoms with van der Waals surface area (Å²) in [5, 5.41) is 9.58. The molecule has 48 heavy (non-hydrogen) atoms. The van der Waals surface area contributed by atoms with Crippen molar-refractivity contribution in [2.75, 3.05) is 61.6 Å². The van der Waals surface area contributed by atoms with Gasteiger partial charge in [-0.3, -0.25) is 14.7 Å². The van der Waals surface area contributed by atoms with Crippen molar-refractivity contribution < 1.29 is 40.3 Å². The second-order valence-electron chi connectivity index (χ2n) is 11.7. The van der Waals surface area contributed by atoms with Crippen LogP contribution in [-0.4, -0.2) is 94.0 Å². The van der Waals surface area contributed by atoms with E-state index in [0.29, 0.717) is 42.3 Å². The number of benzene rings is 3. The van der Waals surface area contributed by atoms with Crippen LogP contribution in [-0.2, 0) is 19.4 Å². The van der Waals surface area contributed by atoms with Crippen LogP contribution in [0.4, 0.5) is 34.8 Å². The van der Waals surface area contributed by atoms with Gasteiger partial charge in [0, 0.05) is 56.5 Å². The minimum absolute atomic E-state index is 0.0971. The molecule has 0 atom stereocenters. The topological polar surface area (TPSA) is 128 Å². The monoisotopic (exact) mass is 688 g/mol. The largest absolute Gasteiger partial charge is 0.471 e. The molecule has 0 spiro atoms. The van der Waals surface area contributed by atoms with Crippen molar-refractivity contribution in [3.05, 3.63) is 72.0 Å². The third-order valence-electron chi connectivity index (χ3n) is 8.55. The number of rotatable bonds is 7.